The van der Waals surface area contributed by atoms with E-state index in [4.69, 9.17) is 4.74 Å². The van der Waals surface area contributed by atoms with Crippen LogP contribution in [0.2, 0.25) is 0 Å². The number of rotatable bonds is 4. The average Bonchev–Trinajstić information content (AvgIpc) is 2.68. The Morgan fingerprint density at radius 3 is 2.31 bits per heavy atom. The quantitative estimate of drug-likeness (QED) is 0.753. The first-order chi connectivity index (χ1) is 12.9. The molecule has 10 heteroatoms. The van der Waals surface area contributed by atoms with Gasteiger partial charge in [-0.2, -0.15) is 13.2 Å². The Bertz CT molecular complexity index is 657. The van der Waals surface area contributed by atoms with Crippen molar-refractivity contribution in [1.82, 2.24) is 10.2 Å². The van der Waals surface area contributed by atoms with E-state index in [-0.39, 0.29) is 30.7 Å². The molecule has 2 saturated heterocycles. The fourth-order valence-corrected chi connectivity index (χ4v) is 3.98. The van der Waals surface area contributed by atoms with Crippen LogP contribution in [-0.2, 0) is 15.7 Å². The van der Waals surface area contributed by atoms with Crippen LogP contribution >= 0.6 is 24.8 Å². The largest absolute Gasteiger partial charge is 0.416 e. The lowest BCUT2D eigenvalue weighted by Gasteiger charge is -2.43. The number of nitrogens with zero attached hydrogens (tertiary/aromatic N) is 2. The van der Waals surface area contributed by atoms with E-state index in [0.29, 0.717) is 38.5 Å². The van der Waals surface area contributed by atoms with E-state index in [1.54, 1.807) is 13.2 Å². The van der Waals surface area contributed by atoms with Gasteiger partial charge in [-0.3, -0.25) is 4.79 Å². The Morgan fingerprint density at radius 1 is 1.14 bits per heavy atom. The number of piperazine rings is 1. The van der Waals surface area contributed by atoms with Crippen LogP contribution in [0.1, 0.15) is 18.4 Å². The minimum absolute atomic E-state index is 0. The third-order valence-electron chi connectivity index (χ3n) is 5.54. The van der Waals surface area contributed by atoms with Gasteiger partial charge in [0.25, 0.3) is 0 Å². The molecule has 166 valence electrons. The number of carbonyl (C=O) groups is 1. The third kappa shape index (κ3) is 5.90. The highest BCUT2D eigenvalue weighted by Crippen LogP contribution is 2.34. The number of piperidine rings is 1. The molecule has 0 bridgehead atoms. The molecule has 0 aromatic heterocycles. The number of benzene rings is 1. The van der Waals surface area contributed by atoms with Gasteiger partial charge in [-0.1, -0.05) is 6.07 Å². The minimum Gasteiger partial charge on any atom is -0.384 e. The lowest BCUT2D eigenvalue weighted by atomic mass is 9.78. The van der Waals surface area contributed by atoms with Gasteiger partial charge < -0.3 is 19.9 Å². The van der Waals surface area contributed by atoms with Crippen LogP contribution in [0, 0.1) is 5.41 Å². The van der Waals surface area contributed by atoms with Crippen molar-refractivity contribution in [3.8, 4) is 0 Å². The van der Waals surface area contributed by atoms with E-state index in [2.05, 4.69) is 5.32 Å². The first kappa shape index (κ1) is 25.8. The van der Waals surface area contributed by atoms with Gasteiger partial charge in [0.15, 0.2) is 0 Å². The smallest absolute Gasteiger partial charge is 0.384 e. The van der Waals surface area contributed by atoms with Crippen LogP contribution in [-0.4, -0.2) is 63.8 Å². The Balaban J connectivity index is 0.00000210. The lowest BCUT2D eigenvalue weighted by molar-refractivity contribution is -0.148. The zero-order valence-corrected chi connectivity index (χ0v) is 18.0. The summed E-state index contributed by atoms with van der Waals surface area (Å²) in [5.41, 5.74) is -0.587. The maximum absolute atomic E-state index is 13.1. The Labute approximate surface area is 181 Å². The van der Waals surface area contributed by atoms with E-state index in [1.165, 1.54) is 12.1 Å². The minimum atomic E-state index is -4.35. The number of hydrogen-bond acceptors (Lipinski definition) is 4. The summed E-state index contributed by atoms with van der Waals surface area (Å²) >= 11 is 0. The van der Waals surface area contributed by atoms with Gasteiger partial charge in [0.1, 0.15) is 0 Å². The van der Waals surface area contributed by atoms with Gasteiger partial charge in [0, 0.05) is 39.0 Å². The molecule has 1 aromatic carbocycles. The summed E-state index contributed by atoms with van der Waals surface area (Å²) in [5, 5.41) is 3.28. The van der Waals surface area contributed by atoms with Crippen LogP contribution in [0.3, 0.4) is 0 Å². The number of halogens is 5. The monoisotopic (exact) mass is 457 g/mol. The average molecular weight is 458 g/mol. The zero-order valence-electron chi connectivity index (χ0n) is 16.3. The van der Waals surface area contributed by atoms with Crippen LogP contribution in [0.15, 0.2) is 24.3 Å². The zero-order chi connectivity index (χ0) is 19.5. The van der Waals surface area contributed by atoms with Crippen molar-refractivity contribution >= 4 is 36.4 Å². The fraction of sp³-hybridized carbons (Fsp3) is 0.632. The Morgan fingerprint density at radius 2 is 1.76 bits per heavy atom. The molecule has 0 atom stereocenters. The first-order valence-electron chi connectivity index (χ1n) is 9.27. The number of alkyl halides is 3. The van der Waals surface area contributed by atoms with E-state index in [9.17, 15) is 18.0 Å². The van der Waals surface area contributed by atoms with Gasteiger partial charge in [0.2, 0.25) is 5.91 Å². The van der Waals surface area contributed by atoms with E-state index in [0.717, 1.165) is 32.0 Å². The van der Waals surface area contributed by atoms with Crippen molar-refractivity contribution in [1.29, 1.82) is 0 Å². The highest BCUT2D eigenvalue weighted by Gasteiger charge is 2.43. The molecule has 5 nitrogen and oxygen atoms in total. The number of methoxy groups -OCH3 is 1. The maximum atomic E-state index is 13.1. The van der Waals surface area contributed by atoms with Gasteiger partial charge in [0.05, 0.1) is 17.6 Å². The molecule has 0 aliphatic carbocycles. The summed E-state index contributed by atoms with van der Waals surface area (Å²) in [5.74, 6) is 0.106. The molecular weight excluding hydrogens is 430 g/mol. The molecule has 0 saturated carbocycles. The van der Waals surface area contributed by atoms with Gasteiger partial charge >= 0.3 is 6.18 Å². The summed E-state index contributed by atoms with van der Waals surface area (Å²) in [6, 6.07) is 5.37. The van der Waals surface area contributed by atoms with Crippen LogP contribution < -0.4 is 10.2 Å². The fourth-order valence-electron chi connectivity index (χ4n) is 3.98. The second kappa shape index (κ2) is 10.7. The molecule has 2 heterocycles. The standard InChI is InChI=1S/C19H26F3N3O2.2ClH/c1-27-14-18(5-7-23-8-6-18)17(26)25-11-9-24(10-12-25)16-4-2-3-15(13-16)19(20,21)22;;/h2-4,13,23H,5-12,14H2,1H3;2*1H. The predicted octanol–water partition coefficient (Wildman–Crippen LogP) is 3.21. The second-order valence-corrected chi connectivity index (χ2v) is 7.29. The van der Waals surface area contributed by atoms with Crippen LogP contribution in [0.5, 0.6) is 0 Å². The molecule has 0 spiro atoms. The van der Waals surface area contributed by atoms with Crippen molar-refractivity contribution in [2.24, 2.45) is 5.41 Å². The molecular formula is C19H28Cl2F3N3O2. The Hall–Kier alpha value is -1.22. The number of ether oxygens (including phenoxy) is 1. The molecule has 1 N–H and O–H groups in total. The Kier molecular flexibility index (Phi) is 9.53. The third-order valence-corrected chi connectivity index (χ3v) is 5.54. The molecule has 3 rings (SSSR count). The topological polar surface area (TPSA) is 44.8 Å². The van der Waals surface area contributed by atoms with Crippen molar-refractivity contribution < 1.29 is 22.7 Å². The van der Waals surface area contributed by atoms with E-state index in [1.807, 2.05) is 9.80 Å². The van der Waals surface area contributed by atoms with Gasteiger partial charge in [-0.05, 0) is 44.1 Å². The normalized spacial score (nSPS) is 19.2. The number of carbonyl (C=O) groups excluding carboxylic acids is 1. The molecule has 1 amide bonds. The van der Waals surface area contributed by atoms with Crippen molar-refractivity contribution in [2.45, 2.75) is 19.0 Å². The SMILES string of the molecule is COCC1(C(=O)N2CCN(c3cccc(C(F)(F)F)c3)CC2)CCNCC1.Cl.Cl. The summed E-state index contributed by atoms with van der Waals surface area (Å²) in [6.07, 6.45) is -2.86. The number of nitrogens with one attached hydrogen (secondary N) is 1. The molecule has 0 unspecified atom stereocenters. The lowest BCUT2D eigenvalue weighted by Crippen LogP contribution is -2.56. The summed E-state index contributed by atoms with van der Waals surface area (Å²) in [6.45, 7) is 4.05. The predicted molar refractivity (Wildman–Crippen MR) is 111 cm³/mol. The van der Waals surface area contributed by atoms with E-state index < -0.39 is 17.2 Å². The van der Waals surface area contributed by atoms with Crippen LogP contribution in [0.4, 0.5) is 18.9 Å². The van der Waals surface area contributed by atoms with Crippen molar-refractivity contribution in [3.05, 3.63) is 29.8 Å². The maximum Gasteiger partial charge on any atom is 0.416 e. The summed E-state index contributed by atoms with van der Waals surface area (Å²) in [7, 11) is 1.61. The van der Waals surface area contributed by atoms with Gasteiger partial charge in [-0.15, -0.1) is 24.8 Å². The first-order valence-corrected chi connectivity index (χ1v) is 9.27. The highest BCUT2D eigenvalue weighted by atomic mass is 35.5. The number of hydrogen-bond donors (Lipinski definition) is 1. The molecule has 29 heavy (non-hydrogen) atoms. The summed E-state index contributed by atoms with van der Waals surface area (Å²) in [4.78, 5) is 16.9. The highest BCUT2D eigenvalue weighted by molar-refractivity contribution is 5.85. The van der Waals surface area contributed by atoms with Crippen LogP contribution in [0.25, 0.3) is 0 Å². The molecule has 2 aliphatic heterocycles. The van der Waals surface area contributed by atoms with E-state index >= 15 is 0 Å². The molecule has 2 aliphatic rings. The summed E-state index contributed by atoms with van der Waals surface area (Å²) < 4.78 is 44.1. The molecule has 1 aromatic rings. The second-order valence-electron chi connectivity index (χ2n) is 7.29. The number of amides is 1. The molecule has 0 radical (unpaired) electrons. The van der Waals surface area contributed by atoms with Gasteiger partial charge in [-0.25, -0.2) is 0 Å². The number of anilines is 1. The van der Waals surface area contributed by atoms with Crippen molar-refractivity contribution in [3.63, 3.8) is 0 Å². The van der Waals surface area contributed by atoms with Crippen molar-refractivity contribution in [2.75, 3.05) is 57.9 Å². The molecule has 2 fully saturated rings.